The molecular formula is C20H24FN3O5S. The lowest BCUT2D eigenvalue weighted by Gasteiger charge is -2.45. The minimum absolute atomic E-state index is 0.0533. The Bertz CT molecular complexity index is 865. The van der Waals surface area contributed by atoms with Crippen LogP contribution in [0.4, 0.5) is 9.18 Å². The number of nitrogens with zero attached hydrogens (tertiary/aromatic N) is 3. The van der Waals surface area contributed by atoms with E-state index in [1.54, 1.807) is 30.9 Å². The molecule has 2 saturated heterocycles. The molecule has 0 aromatic heterocycles. The molecule has 1 aromatic carbocycles. The van der Waals surface area contributed by atoms with Gasteiger partial charge in [0.2, 0.25) is 5.91 Å². The summed E-state index contributed by atoms with van der Waals surface area (Å²) >= 11 is 0.972. The lowest BCUT2D eigenvalue weighted by Crippen LogP contribution is -2.67. The first-order valence-corrected chi connectivity index (χ1v) is 10.8. The van der Waals surface area contributed by atoms with Crippen LogP contribution in [0.5, 0.6) is 0 Å². The van der Waals surface area contributed by atoms with Gasteiger partial charge in [-0.2, -0.15) is 0 Å². The van der Waals surface area contributed by atoms with Gasteiger partial charge in [0.1, 0.15) is 11.9 Å². The largest absolute Gasteiger partial charge is 0.481 e. The van der Waals surface area contributed by atoms with Crippen molar-refractivity contribution in [3.63, 3.8) is 0 Å². The maximum absolute atomic E-state index is 13.6. The molecule has 0 aliphatic carbocycles. The van der Waals surface area contributed by atoms with Crippen molar-refractivity contribution in [1.29, 1.82) is 0 Å². The molecule has 1 N–H and O–H groups in total. The fourth-order valence-corrected chi connectivity index (χ4v) is 4.61. The van der Waals surface area contributed by atoms with Crippen molar-refractivity contribution >= 4 is 35.6 Å². The van der Waals surface area contributed by atoms with E-state index >= 15 is 0 Å². The lowest BCUT2D eigenvalue weighted by molar-refractivity contribution is -0.146. The van der Waals surface area contributed by atoms with E-state index in [0.29, 0.717) is 18.5 Å². The van der Waals surface area contributed by atoms with Crippen LogP contribution < -0.4 is 0 Å². The fraction of sp³-hybridized carbons (Fsp3) is 0.500. The highest BCUT2D eigenvalue weighted by molar-refractivity contribution is 8.00. The molecule has 162 valence electrons. The first kappa shape index (κ1) is 22.1. The van der Waals surface area contributed by atoms with E-state index in [-0.39, 0.29) is 24.0 Å². The van der Waals surface area contributed by atoms with Crippen LogP contribution in [-0.2, 0) is 20.9 Å². The third kappa shape index (κ3) is 4.43. The Balaban J connectivity index is 1.85. The summed E-state index contributed by atoms with van der Waals surface area (Å²) in [5.74, 6) is -2.44. The van der Waals surface area contributed by atoms with Crippen molar-refractivity contribution in [2.24, 2.45) is 0 Å². The molecule has 0 saturated carbocycles. The molecule has 2 atom stereocenters. The summed E-state index contributed by atoms with van der Waals surface area (Å²) in [7, 11) is 0. The summed E-state index contributed by atoms with van der Waals surface area (Å²) in [5, 5.41) is 8.76. The number of hydrogen-bond acceptors (Lipinski definition) is 5. The summed E-state index contributed by atoms with van der Waals surface area (Å²) in [4.78, 5) is 53.7. The number of amides is 4. The second-order valence-electron chi connectivity index (χ2n) is 7.62. The second kappa shape index (κ2) is 9.03. The zero-order chi connectivity index (χ0) is 22.0. The molecule has 2 heterocycles. The molecule has 4 amide bonds. The van der Waals surface area contributed by atoms with Crippen molar-refractivity contribution < 1.29 is 28.7 Å². The number of hydrogen-bond donors (Lipinski definition) is 1. The number of urea groups is 1. The highest BCUT2D eigenvalue weighted by Gasteiger charge is 2.53. The van der Waals surface area contributed by atoms with Crippen LogP contribution in [-0.4, -0.2) is 79.8 Å². The van der Waals surface area contributed by atoms with Gasteiger partial charge in [0.05, 0.1) is 17.5 Å². The first-order chi connectivity index (χ1) is 14.2. The van der Waals surface area contributed by atoms with Gasteiger partial charge in [-0.15, -0.1) is 11.8 Å². The van der Waals surface area contributed by atoms with E-state index in [1.807, 2.05) is 0 Å². The molecule has 8 nitrogen and oxygen atoms in total. The van der Waals surface area contributed by atoms with Crippen LogP contribution in [0.3, 0.4) is 0 Å². The number of carbonyl (C=O) groups is 4. The maximum Gasteiger partial charge on any atom is 0.327 e. The van der Waals surface area contributed by atoms with Crippen LogP contribution in [0.15, 0.2) is 24.3 Å². The normalized spacial score (nSPS) is 21.4. The van der Waals surface area contributed by atoms with E-state index in [2.05, 4.69) is 0 Å². The number of carbonyl (C=O) groups excluding carboxylic acids is 3. The highest BCUT2D eigenvalue weighted by Crippen LogP contribution is 2.33. The van der Waals surface area contributed by atoms with Crippen LogP contribution in [0.1, 0.15) is 25.8 Å². The van der Waals surface area contributed by atoms with Gasteiger partial charge >= 0.3 is 12.0 Å². The zero-order valence-electron chi connectivity index (χ0n) is 16.8. The van der Waals surface area contributed by atoms with Crippen LogP contribution in [0.25, 0.3) is 0 Å². The number of carboxylic acid groups (broad SMARTS) is 1. The van der Waals surface area contributed by atoms with Gasteiger partial charge < -0.3 is 14.9 Å². The van der Waals surface area contributed by atoms with Crippen molar-refractivity contribution in [1.82, 2.24) is 14.7 Å². The third-order valence-corrected chi connectivity index (χ3v) is 6.14. The Morgan fingerprint density at radius 2 is 2.00 bits per heavy atom. The molecule has 0 radical (unpaired) electrons. The topological polar surface area (TPSA) is 98.2 Å². The van der Waals surface area contributed by atoms with Gasteiger partial charge in [-0.05, 0) is 38.0 Å². The second-order valence-corrected chi connectivity index (χ2v) is 8.60. The van der Waals surface area contributed by atoms with E-state index in [4.69, 9.17) is 5.11 Å². The number of aliphatic carboxylic acids is 1. The number of imide groups is 1. The molecule has 2 aliphatic rings. The van der Waals surface area contributed by atoms with Gasteiger partial charge in [-0.25, -0.2) is 9.18 Å². The third-order valence-electron chi connectivity index (χ3n) is 5.24. The summed E-state index contributed by atoms with van der Waals surface area (Å²) in [6, 6.07) is 3.76. The van der Waals surface area contributed by atoms with Gasteiger partial charge in [-0.1, -0.05) is 12.1 Å². The van der Waals surface area contributed by atoms with E-state index < -0.39 is 41.9 Å². The van der Waals surface area contributed by atoms with Crippen molar-refractivity contribution in [3.8, 4) is 0 Å². The number of benzene rings is 1. The molecule has 3 rings (SSSR count). The minimum atomic E-state index is -1.02. The Hall–Kier alpha value is -2.62. The van der Waals surface area contributed by atoms with Gasteiger partial charge in [0.25, 0.3) is 5.91 Å². The van der Waals surface area contributed by atoms with Crippen molar-refractivity contribution in [2.45, 2.75) is 44.9 Å². The summed E-state index contributed by atoms with van der Waals surface area (Å²) < 4.78 is 13.6. The van der Waals surface area contributed by atoms with Crippen LogP contribution in [0, 0.1) is 5.82 Å². The predicted molar refractivity (Wildman–Crippen MR) is 108 cm³/mol. The van der Waals surface area contributed by atoms with E-state index in [1.165, 1.54) is 17.0 Å². The number of thioether (sulfide) groups is 1. The van der Waals surface area contributed by atoms with E-state index in [0.717, 1.165) is 16.7 Å². The van der Waals surface area contributed by atoms with E-state index in [9.17, 15) is 23.6 Å². The molecule has 10 heteroatoms. The Morgan fingerprint density at radius 1 is 1.27 bits per heavy atom. The Morgan fingerprint density at radius 3 is 2.63 bits per heavy atom. The number of likely N-dealkylation sites (tertiary alicyclic amines) is 1. The summed E-state index contributed by atoms with van der Waals surface area (Å²) in [5.41, 5.74) is 0.599. The standard InChI is InChI=1S/C20H24FN3O5S/c1-12(2)24-19(28)18-15(6-7-22(18)16(25)10-30-11-17(26)27)23(20(24)29)9-13-4-3-5-14(21)8-13/h3-5,8,12,15,18H,6-7,9-11H2,1-2H3,(H,26,27)/t15-,18-/m1/s1. The lowest BCUT2D eigenvalue weighted by atomic mass is 10.0. The number of rotatable bonds is 7. The first-order valence-electron chi connectivity index (χ1n) is 9.67. The molecule has 2 fully saturated rings. The van der Waals surface area contributed by atoms with Crippen molar-refractivity contribution in [2.75, 3.05) is 18.1 Å². The summed E-state index contributed by atoms with van der Waals surface area (Å²) in [6.45, 7) is 3.87. The van der Waals surface area contributed by atoms with Gasteiger partial charge in [-0.3, -0.25) is 19.3 Å². The molecule has 0 bridgehead atoms. The van der Waals surface area contributed by atoms with Crippen LogP contribution in [0.2, 0.25) is 0 Å². The zero-order valence-corrected chi connectivity index (χ0v) is 17.6. The average Bonchev–Trinajstić information content (AvgIpc) is 3.10. The average molecular weight is 437 g/mol. The molecule has 1 aromatic rings. The monoisotopic (exact) mass is 437 g/mol. The van der Waals surface area contributed by atoms with Gasteiger partial charge in [0.15, 0.2) is 0 Å². The maximum atomic E-state index is 13.6. The number of carboxylic acids is 1. The highest BCUT2D eigenvalue weighted by atomic mass is 32.2. The van der Waals surface area contributed by atoms with Gasteiger partial charge in [0, 0.05) is 19.1 Å². The SMILES string of the molecule is CC(C)N1C(=O)[C@H]2[C@@H](CCN2C(=O)CSCC(=O)O)N(Cc2cccc(F)c2)C1=O. The summed E-state index contributed by atoms with van der Waals surface area (Å²) in [6.07, 6.45) is 0.429. The molecule has 0 unspecified atom stereocenters. The Kier molecular flexibility index (Phi) is 6.64. The molecule has 0 spiro atoms. The molecule has 2 aliphatic heterocycles. The Labute approximate surface area is 178 Å². The fourth-order valence-electron chi connectivity index (χ4n) is 4.00. The van der Waals surface area contributed by atoms with Crippen molar-refractivity contribution in [3.05, 3.63) is 35.6 Å². The minimum Gasteiger partial charge on any atom is -0.481 e. The number of halogens is 1. The quantitative estimate of drug-likeness (QED) is 0.698. The predicted octanol–water partition coefficient (Wildman–Crippen LogP) is 1.79. The molecule has 30 heavy (non-hydrogen) atoms. The van der Waals surface area contributed by atoms with Crippen LogP contribution >= 0.6 is 11.8 Å². The number of fused-ring (bicyclic) bond motifs is 1. The molecular weight excluding hydrogens is 413 g/mol. The smallest absolute Gasteiger partial charge is 0.327 e.